The second-order valence-electron chi connectivity index (χ2n) is 10.2. The van der Waals surface area contributed by atoms with E-state index in [2.05, 4.69) is 11.6 Å². The van der Waals surface area contributed by atoms with Gasteiger partial charge in [0.25, 0.3) is 11.6 Å². The lowest BCUT2D eigenvalue weighted by Gasteiger charge is -2.22. The number of hydrogen-bond acceptors (Lipinski definition) is 7. The molecule has 0 N–H and O–H groups in total. The first-order valence-corrected chi connectivity index (χ1v) is 14.5. The summed E-state index contributed by atoms with van der Waals surface area (Å²) < 4.78 is 27.3. The molecular formula is C31H39ClN4O6. The fourth-order valence-electron chi connectivity index (χ4n) is 4.71. The summed E-state index contributed by atoms with van der Waals surface area (Å²) in [6, 6.07) is 8.18. The number of nitrogens with zero attached hydrogens (tertiary/aromatic N) is 4. The molecule has 1 aromatic carbocycles. The predicted octanol–water partition coefficient (Wildman–Crippen LogP) is 4.60. The van der Waals surface area contributed by atoms with E-state index < -0.39 is 11.2 Å². The van der Waals surface area contributed by atoms with Crippen molar-refractivity contribution in [2.45, 2.75) is 59.1 Å². The molecule has 226 valence electrons. The fraction of sp³-hybridized carbons (Fsp3) is 0.452. The van der Waals surface area contributed by atoms with E-state index >= 15 is 0 Å². The van der Waals surface area contributed by atoms with Crippen molar-refractivity contribution >= 4 is 22.8 Å². The first-order chi connectivity index (χ1) is 20.3. The molecule has 0 radical (unpaired) electrons. The van der Waals surface area contributed by atoms with Gasteiger partial charge in [-0.05, 0) is 50.3 Å². The van der Waals surface area contributed by atoms with Crippen LogP contribution in [0, 0.1) is 6.92 Å². The Kier molecular flexibility index (Phi) is 11.4. The topological polar surface area (TPSA) is 98.7 Å². The Morgan fingerprint density at radius 1 is 1.19 bits per heavy atom. The van der Waals surface area contributed by atoms with E-state index in [1.54, 1.807) is 17.7 Å². The lowest BCUT2D eigenvalue weighted by atomic mass is 10.1. The number of aromatic nitrogens is 4. The highest BCUT2D eigenvalue weighted by atomic mass is 35.5. The van der Waals surface area contributed by atoms with E-state index in [1.807, 2.05) is 50.3 Å². The molecule has 1 saturated heterocycles. The minimum Gasteiger partial charge on any atom is -0.460 e. The van der Waals surface area contributed by atoms with Crippen molar-refractivity contribution in [2.24, 2.45) is 7.05 Å². The maximum atomic E-state index is 13.8. The van der Waals surface area contributed by atoms with E-state index in [0.29, 0.717) is 24.9 Å². The molecule has 0 saturated carbocycles. The Hall–Kier alpha value is -3.44. The third kappa shape index (κ3) is 8.10. The molecule has 1 atom stereocenters. The summed E-state index contributed by atoms with van der Waals surface area (Å²) in [6.45, 7) is 9.77. The third-order valence-electron chi connectivity index (χ3n) is 6.97. The number of hydrogen-bond donors (Lipinski definition) is 0. The molecule has 1 aliphatic rings. The number of ether oxygens (including phenoxy) is 4. The molecule has 10 nitrogen and oxygen atoms in total. The summed E-state index contributed by atoms with van der Waals surface area (Å²) in [5.41, 5.74) is 2.45. The molecule has 0 bridgehead atoms. The van der Waals surface area contributed by atoms with Gasteiger partial charge < -0.3 is 18.9 Å². The molecule has 0 spiro atoms. The molecule has 4 rings (SSSR count). The minimum atomic E-state index is -0.484. The summed E-state index contributed by atoms with van der Waals surface area (Å²) in [5.74, 6) is 0. The minimum absolute atomic E-state index is 0.0779. The van der Waals surface area contributed by atoms with Crippen LogP contribution in [-0.4, -0.2) is 51.4 Å². The Morgan fingerprint density at radius 2 is 2.02 bits per heavy atom. The average molecular weight is 599 g/mol. The van der Waals surface area contributed by atoms with Crippen LogP contribution in [0.2, 0.25) is 0 Å². The Labute approximate surface area is 250 Å². The largest absolute Gasteiger partial charge is 0.460 e. The number of halogens is 1. The van der Waals surface area contributed by atoms with Crippen LogP contribution in [0.1, 0.15) is 37.3 Å². The number of rotatable bonds is 14. The van der Waals surface area contributed by atoms with Crippen molar-refractivity contribution in [2.75, 3.05) is 26.4 Å². The van der Waals surface area contributed by atoms with Crippen molar-refractivity contribution in [1.29, 1.82) is 0 Å². The molecule has 2 aromatic heterocycles. The fourth-order valence-corrected chi connectivity index (χ4v) is 4.78. The summed E-state index contributed by atoms with van der Waals surface area (Å²) in [7, 11) is 1.59. The molecular weight excluding hydrogens is 560 g/mol. The Balaban J connectivity index is 1.59. The Bertz CT molecular complexity index is 1560. The van der Waals surface area contributed by atoms with E-state index in [4.69, 9.17) is 30.5 Å². The monoisotopic (exact) mass is 598 g/mol. The van der Waals surface area contributed by atoms with E-state index in [1.165, 1.54) is 9.13 Å². The van der Waals surface area contributed by atoms with Gasteiger partial charge in [0.1, 0.15) is 6.61 Å². The van der Waals surface area contributed by atoms with Crippen LogP contribution in [0.15, 0.2) is 69.3 Å². The molecule has 0 amide bonds. The van der Waals surface area contributed by atoms with Crippen molar-refractivity contribution in [3.05, 3.63) is 91.6 Å². The van der Waals surface area contributed by atoms with Gasteiger partial charge in [-0.15, -0.1) is 0 Å². The van der Waals surface area contributed by atoms with Gasteiger partial charge in [-0.25, -0.2) is 4.79 Å². The number of fused-ring (bicyclic) bond motifs is 1. The van der Waals surface area contributed by atoms with Crippen LogP contribution >= 0.6 is 11.6 Å². The highest BCUT2D eigenvalue weighted by Crippen LogP contribution is 2.22. The van der Waals surface area contributed by atoms with Gasteiger partial charge in [-0.3, -0.25) is 18.5 Å². The molecule has 1 unspecified atom stereocenters. The van der Waals surface area contributed by atoms with Gasteiger partial charge in [0.15, 0.2) is 17.5 Å². The van der Waals surface area contributed by atoms with Crippen LogP contribution in [-0.2, 0) is 41.0 Å². The van der Waals surface area contributed by atoms with Crippen molar-refractivity contribution in [1.82, 2.24) is 18.7 Å². The smallest absolute Gasteiger partial charge is 0.332 e. The summed E-state index contributed by atoms with van der Waals surface area (Å²) in [4.78, 5) is 31.6. The lowest BCUT2D eigenvalue weighted by molar-refractivity contribution is -0.169. The number of benzene rings is 1. The molecule has 42 heavy (non-hydrogen) atoms. The molecule has 11 heteroatoms. The molecule has 0 aliphatic carbocycles. The van der Waals surface area contributed by atoms with Gasteiger partial charge in [-0.1, -0.05) is 60.2 Å². The van der Waals surface area contributed by atoms with Crippen molar-refractivity contribution < 1.29 is 18.9 Å². The Morgan fingerprint density at radius 3 is 2.74 bits per heavy atom. The van der Waals surface area contributed by atoms with Crippen molar-refractivity contribution in [3.63, 3.8) is 0 Å². The van der Waals surface area contributed by atoms with Gasteiger partial charge in [-0.2, -0.15) is 4.98 Å². The van der Waals surface area contributed by atoms with Crippen LogP contribution in [0.25, 0.3) is 11.2 Å². The molecule has 3 aromatic rings. The summed E-state index contributed by atoms with van der Waals surface area (Å²) >= 11 is 5.95. The zero-order chi connectivity index (χ0) is 30.1. The quantitative estimate of drug-likeness (QED) is 0.198. The normalized spacial score (nSPS) is 16.0. The van der Waals surface area contributed by atoms with Gasteiger partial charge in [0, 0.05) is 18.7 Å². The third-order valence-corrected chi connectivity index (χ3v) is 7.09. The van der Waals surface area contributed by atoms with Gasteiger partial charge >= 0.3 is 5.69 Å². The van der Waals surface area contributed by atoms with E-state index in [-0.39, 0.29) is 49.8 Å². The average Bonchev–Trinajstić information content (AvgIpc) is 3.35. The zero-order valence-corrected chi connectivity index (χ0v) is 25.3. The molecule has 1 aliphatic heterocycles. The van der Waals surface area contributed by atoms with E-state index in [9.17, 15) is 9.59 Å². The lowest BCUT2D eigenvalue weighted by Crippen LogP contribution is -2.40. The summed E-state index contributed by atoms with van der Waals surface area (Å²) in [6.07, 6.45) is 8.23. The van der Waals surface area contributed by atoms with Crippen molar-refractivity contribution in [3.8, 4) is 6.01 Å². The second kappa shape index (κ2) is 15.2. The standard InChI is InChI=1S/C31H39ClN4O6/c1-5-24(13-12-23(3)32)20-36-27-28(33-30(36)42-21-25-10-8-9-22(2)19-25)34(4)31(38)35(29(27)37)14-16-39-17-18-41-26-11-6-7-15-40-26/h5,8-10,12-13,19,26H,3,6-7,11,14-18,20-21H2,1-2,4H3/b13-12-,24-5+. The van der Waals surface area contributed by atoms with Gasteiger partial charge in [0.05, 0.1) is 32.9 Å². The first kappa shape index (κ1) is 31.5. The van der Waals surface area contributed by atoms with Crippen LogP contribution in [0.4, 0.5) is 0 Å². The highest BCUT2D eigenvalue weighted by molar-refractivity contribution is 6.30. The second-order valence-corrected chi connectivity index (χ2v) is 10.6. The number of imidazole rings is 1. The molecule has 3 heterocycles. The molecule has 1 fully saturated rings. The maximum Gasteiger partial charge on any atom is 0.332 e. The number of allylic oxidation sites excluding steroid dienone is 5. The maximum absolute atomic E-state index is 13.8. The van der Waals surface area contributed by atoms with Crippen LogP contribution < -0.4 is 16.0 Å². The first-order valence-electron chi connectivity index (χ1n) is 14.2. The highest BCUT2D eigenvalue weighted by Gasteiger charge is 2.22. The number of aryl methyl sites for hydroxylation is 2. The summed E-state index contributed by atoms with van der Waals surface area (Å²) in [5, 5.41) is 0.377. The predicted molar refractivity (Wildman–Crippen MR) is 163 cm³/mol. The van der Waals surface area contributed by atoms with E-state index in [0.717, 1.165) is 36.0 Å². The van der Waals surface area contributed by atoms with Crippen LogP contribution in [0.3, 0.4) is 0 Å². The van der Waals surface area contributed by atoms with Crippen LogP contribution in [0.5, 0.6) is 6.01 Å². The van der Waals surface area contributed by atoms with Gasteiger partial charge in [0.2, 0.25) is 0 Å². The zero-order valence-electron chi connectivity index (χ0n) is 24.5. The SMILES string of the molecule is C=C(Cl)/C=C\C(=C/C)Cn1c(OCc2cccc(C)c2)nc2c1c(=O)n(CCOCCOC1CCCCO1)c(=O)n2C.